The van der Waals surface area contributed by atoms with E-state index in [1.54, 1.807) is 35.7 Å². The lowest BCUT2D eigenvalue weighted by molar-refractivity contribution is -0.116. The average Bonchev–Trinajstić information content (AvgIpc) is 3.16. The molecule has 2 heterocycles. The number of ether oxygens (including phenoxy) is 1. The van der Waals surface area contributed by atoms with Crippen LogP contribution in [0.1, 0.15) is 0 Å². The summed E-state index contributed by atoms with van der Waals surface area (Å²) in [5.74, 6) is -0.305. The number of thiophene rings is 1. The molecule has 0 atom stereocenters. The number of rotatable bonds is 5. The predicted molar refractivity (Wildman–Crippen MR) is 116 cm³/mol. The van der Waals surface area contributed by atoms with Crippen LogP contribution >= 0.6 is 22.9 Å². The van der Waals surface area contributed by atoms with Crippen molar-refractivity contribution in [1.82, 2.24) is 9.55 Å². The van der Waals surface area contributed by atoms with Gasteiger partial charge in [0.25, 0.3) is 5.56 Å². The Morgan fingerprint density at radius 3 is 2.77 bits per heavy atom. The van der Waals surface area contributed by atoms with Gasteiger partial charge in [-0.2, -0.15) is 0 Å². The summed E-state index contributed by atoms with van der Waals surface area (Å²) in [4.78, 5) is 29.7. The molecule has 0 spiro atoms. The third-order valence-electron chi connectivity index (χ3n) is 4.45. The van der Waals surface area contributed by atoms with Crippen LogP contribution in [0, 0.1) is 5.82 Å². The molecule has 0 radical (unpaired) electrons. The minimum absolute atomic E-state index is 0.221. The number of aromatic nitrogens is 2. The third kappa shape index (κ3) is 3.92. The molecule has 2 aromatic heterocycles. The van der Waals surface area contributed by atoms with Gasteiger partial charge in [0, 0.05) is 16.0 Å². The highest BCUT2D eigenvalue weighted by molar-refractivity contribution is 7.17. The Labute approximate surface area is 179 Å². The molecule has 1 amide bonds. The van der Waals surface area contributed by atoms with E-state index >= 15 is 0 Å². The van der Waals surface area contributed by atoms with Crippen molar-refractivity contribution in [3.8, 4) is 16.9 Å². The Balaban J connectivity index is 1.60. The second-order valence-corrected chi connectivity index (χ2v) is 7.72. The fourth-order valence-corrected chi connectivity index (χ4v) is 4.16. The van der Waals surface area contributed by atoms with E-state index in [2.05, 4.69) is 10.3 Å². The standard InChI is InChI=1S/C21H15ClFN3O3S/c1-29-17-7-4-13(22)8-16(17)25-18(27)9-26-11-24-19-15(10-30-20(19)21(26)28)12-2-5-14(23)6-3-12/h2-8,10-11H,9H2,1H3,(H,25,27). The van der Waals surface area contributed by atoms with Crippen molar-refractivity contribution in [2.24, 2.45) is 0 Å². The molecule has 0 aliphatic rings. The molecule has 1 N–H and O–H groups in total. The van der Waals surface area contributed by atoms with E-state index in [0.29, 0.717) is 26.7 Å². The molecule has 0 bridgehead atoms. The summed E-state index contributed by atoms with van der Waals surface area (Å²) < 4.78 is 20.1. The van der Waals surface area contributed by atoms with Crippen molar-refractivity contribution >= 4 is 44.7 Å². The van der Waals surface area contributed by atoms with Gasteiger partial charge in [-0.1, -0.05) is 23.7 Å². The Bertz CT molecular complexity index is 1300. The van der Waals surface area contributed by atoms with Crippen LogP contribution < -0.4 is 15.6 Å². The van der Waals surface area contributed by atoms with Gasteiger partial charge in [-0.15, -0.1) is 11.3 Å². The number of carbonyl (C=O) groups excluding carboxylic acids is 1. The maximum Gasteiger partial charge on any atom is 0.271 e. The Hall–Kier alpha value is -3.23. The maximum absolute atomic E-state index is 13.2. The summed E-state index contributed by atoms with van der Waals surface area (Å²) in [7, 11) is 1.48. The van der Waals surface area contributed by atoms with Crippen molar-refractivity contribution in [1.29, 1.82) is 0 Å². The maximum atomic E-state index is 13.2. The van der Waals surface area contributed by atoms with Gasteiger partial charge in [-0.3, -0.25) is 14.2 Å². The average molecular weight is 444 g/mol. The van der Waals surface area contributed by atoms with E-state index in [1.165, 1.54) is 41.5 Å². The summed E-state index contributed by atoms with van der Waals surface area (Å²) in [6.45, 7) is -0.221. The van der Waals surface area contributed by atoms with E-state index < -0.39 is 5.91 Å². The number of nitrogens with zero attached hydrogens (tertiary/aromatic N) is 2. The van der Waals surface area contributed by atoms with Crippen LogP contribution in [0.5, 0.6) is 5.75 Å². The monoisotopic (exact) mass is 443 g/mol. The summed E-state index contributed by atoms with van der Waals surface area (Å²) >= 11 is 7.21. The topological polar surface area (TPSA) is 73.2 Å². The van der Waals surface area contributed by atoms with Crippen molar-refractivity contribution in [3.05, 3.63) is 75.4 Å². The number of methoxy groups -OCH3 is 1. The zero-order chi connectivity index (χ0) is 21.3. The molecule has 0 saturated carbocycles. The molecule has 4 rings (SSSR count). The van der Waals surface area contributed by atoms with Gasteiger partial charge >= 0.3 is 0 Å². The van der Waals surface area contributed by atoms with Gasteiger partial charge < -0.3 is 10.1 Å². The van der Waals surface area contributed by atoms with Crippen LogP contribution in [0.4, 0.5) is 10.1 Å². The minimum Gasteiger partial charge on any atom is -0.495 e. The third-order valence-corrected chi connectivity index (χ3v) is 5.64. The number of hydrogen-bond acceptors (Lipinski definition) is 5. The molecule has 152 valence electrons. The highest BCUT2D eigenvalue weighted by atomic mass is 35.5. The van der Waals surface area contributed by atoms with Crippen LogP contribution in [-0.2, 0) is 11.3 Å². The predicted octanol–water partition coefficient (Wildman–Crippen LogP) is 4.56. The van der Waals surface area contributed by atoms with E-state index in [-0.39, 0.29) is 17.9 Å². The van der Waals surface area contributed by atoms with Gasteiger partial charge in [-0.05, 0) is 35.9 Å². The molecule has 6 nitrogen and oxygen atoms in total. The molecule has 0 aliphatic carbocycles. The zero-order valence-corrected chi connectivity index (χ0v) is 17.3. The van der Waals surface area contributed by atoms with Crippen LogP contribution in [0.2, 0.25) is 5.02 Å². The molecule has 0 saturated heterocycles. The number of carbonyl (C=O) groups is 1. The van der Waals surface area contributed by atoms with E-state index in [4.69, 9.17) is 16.3 Å². The lowest BCUT2D eigenvalue weighted by Gasteiger charge is -2.11. The van der Waals surface area contributed by atoms with Crippen molar-refractivity contribution in [2.75, 3.05) is 12.4 Å². The summed E-state index contributed by atoms with van der Waals surface area (Å²) in [5.41, 5.74) is 2.11. The van der Waals surface area contributed by atoms with Crippen LogP contribution in [0.3, 0.4) is 0 Å². The molecule has 0 aliphatic heterocycles. The van der Waals surface area contributed by atoms with Gasteiger partial charge in [0.1, 0.15) is 22.8 Å². The van der Waals surface area contributed by atoms with Gasteiger partial charge in [-0.25, -0.2) is 9.37 Å². The lowest BCUT2D eigenvalue weighted by Crippen LogP contribution is -2.27. The van der Waals surface area contributed by atoms with Crippen LogP contribution in [0.15, 0.2) is 59.0 Å². The van der Waals surface area contributed by atoms with E-state index in [1.807, 2.05) is 0 Å². The quantitative estimate of drug-likeness (QED) is 0.490. The molecule has 0 fully saturated rings. The molecule has 2 aromatic carbocycles. The number of amides is 1. The summed E-state index contributed by atoms with van der Waals surface area (Å²) in [6.07, 6.45) is 1.33. The van der Waals surface area contributed by atoms with E-state index in [0.717, 1.165) is 11.1 Å². The largest absolute Gasteiger partial charge is 0.495 e. The molecular weight excluding hydrogens is 429 g/mol. The number of halogens is 2. The smallest absolute Gasteiger partial charge is 0.271 e. The summed E-state index contributed by atoms with van der Waals surface area (Å²) in [6, 6.07) is 10.8. The van der Waals surface area contributed by atoms with Gasteiger partial charge in [0.2, 0.25) is 5.91 Å². The molecule has 4 aromatic rings. The minimum atomic E-state index is -0.422. The molecule has 9 heteroatoms. The van der Waals surface area contributed by atoms with Crippen molar-refractivity contribution < 1.29 is 13.9 Å². The van der Waals surface area contributed by atoms with E-state index in [9.17, 15) is 14.0 Å². The molecular formula is C21H15ClFN3O3S. The first-order chi connectivity index (χ1) is 14.5. The highest BCUT2D eigenvalue weighted by Crippen LogP contribution is 2.31. The van der Waals surface area contributed by atoms with Crippen LogP contribution in [0.25, 0.3) is 21.3 Å². The van der Waals surface area contributed by atoms with Crippen LogP contribution in [-0.4, -0.2) is 22.6 Å². The Kier molecular flexibility index (Phi) is 5.52. The van der Waals surface area contributed by atoms with Gasteiger partial charge in [0.05, 0.1) is 24.6 Å². The van der Waals surface area contributed by atoms with Crippen molar-refractivity contribution in [2.45, 2.75) is 6.54 Å². The highest BCUT2D eigenvalue weighted by Gasteiger charge is 2.15. The number of anilines is 1. The number of benzene rings is 2. The fraction of sp³-hybridized carbons (Fsp3) is 0.0952. The first-order valence-electron chi connectivity index (χ1n) is 8.82. The number of fused-ring (bicyclic) bond motifs is 1. The first kappa shape index (κ1) is 20.1. The normalized spacial score (nSPS) is 10.9. The number of nitrogens with one attached hydrogen (secondary N) is 1. The zero-order valence-electron chi connectivity index (χ0n) is 15.7. The second-order valence-electron chi connectivity index (χ2n) is 6.40. The SMILES string of the molecule is COc1ccc(Cl)cc1NC(=O)Cn1cnc2c(-c3ccc(F)cc3)csc2c1=O. The second kappa shape index (κ2) is 8.25. The summed E-state index contributed by atoms with van der Waals surface area (Å²) in [5, 5.41) is 4.94. The number of hydrogen-bond donors (Lipinski definition) is 1. The molecule has 0 unspecified atom stereocenters. The lowest BCUT2D eigenvalue weighted by atomic mass is 10.1. The Morgan fingerprint density at radius 1 is 1.27 bits per heavy atom. The van der Waals surface area contributed by atoms with Gasteiger partial charge in [0.15, 0.2) is 0 Å². The van der Waals surface area contributed by atoms with Crippen molar-refractivity contribution in [3.63, 3.8) is 0 Å². The Morgan fingerprint density at radius 2 is 2.03 bits per heavy atom. The fourth-order valence-electron chi connectivity index (χ4n) is 3.01. The first-order valence-corrected chi connectivity index (χ1v) is 10.1. The molecule has 30 heavy (non-hydrogen) atoms.